The summed E-state index contributed by atoms with van der Waals surface area (Å²) in [7, 11) is 0. The minimum atomic E-state index is 0.0270. The number of rotatable bonds is 5. The number of nitrogens with one attached hydrogen (secondary N) is 1. The van der Waals surface area contributed by atoms with Gasteiger partial charge in [-0.3, -0.25) is 14.3 Å². The zero-order valence-electron chi connectivity index (χ0n) is 18.5. The SMILES string of the molecule is C=CC(=O)N1CCN([C@H]2CCC[C@@H](Nc3ncc(Cl)c(-n4cnc5ccccc54)n3)C2)CC1. The van der Waals surface area contributed by atoms with E-state index in [1.807, 2.05) is 33.7 Å². The van der Waals surface area contributed by atoms with E-state index in [9.17, 15) is 4.79 Å². The number of halogens is 1. The zero-order chi connectivity index (χ0) is 22.8. The van der Waals surface area contributed by atoms with E-state index in [2.05, 4.69) is 26.8 Å². The topological polar surface area (TPSA) is 79.2 Å². The number of amides is 1. The number of imidazole rings is 1. The van der Waals surface area contributed by atoms with E-state index >= 15 is 0 Å². The lowest BCUT2D eigenvalue weighted by molar-refractivity contribution is -0.128. The molecule has 0 unspecified atom stereocenters. The lowest BCUT2D eigenvalue weighted by atomic mass is 9.89. The number of hydrogen-bond donors (Lipinski definition) is 1. The van der Waals surface area contributed by atoms with Gasteiger partial charge in [-0.2, -0.15) is 4.98 Å². The maximum absolute atomic E-state index is 11.9. The number of nitrogens with zero attached hydrogens (tertiary/aromatic N) is 6. The number of carbonyl (C=O) groups is 1. The van der Waals surface area contributed by atoms with Gasteiger partial charge in [-0.25, -0.2) is 9.97 Å². The van der Waals surface area contributed by atoms with Gasteiger partial charge in [0, 0.05) is 38.3 Å². The summed E-state index contributed by atoms with van der Waals surface area (Å²) in [4.78, 5) is 29.9. The van der Waals surface area contributed by atoms with Crippen LogP contribution < -0.4 is 5.32 Å². The van der Waals surface area contributed by atoms with Crippen molar-refractivity contribution in [2.24, 2.45) is 0 Å². The van der Waals surface area contributed by atoms with Gasteiger partial charge >= 0.3 is 0 Å². The van der Waals surface area contributed by atoms with Gasteiger partial charge in [0.15, 0.2) is 5.82 Å². The fraction of sp³-hybridized carbons (Fsp3) is 0.417. The van der Waals surface area contributed by atoms with Crippen LogP contribution in [0.5, 0.6) is 0 Å². The molecule has 1 saturated carbocycles. The van der Waals surface area contributed by atoms with E-state index in [1.165, 1.54) is 12.5 Å². The van der Waals surface area contributed by atoms with Crippen molar-refractivity contribution in [3.8, 4) is 5.82 Å². The summed E-state index contributed by atoms with van der Waals surface area (Å²) >= 11 is 6.46. The number of benzene rings is 1. The van der Waals surface area contributed by atoms with Crippen molar-refractivity contribution in [3.05, 3.63) is 54.5 Å². The van der Waals surface area contributed by atoms with Crippen molar-refractivity contribution in [3.63, 3.8) is 0 Å². The van der Waals surface area contributed by atoms with E-state index < -0.39 is 0 Å². The lowest BCUT2D eigenvalue weighted by Gasteiger charge is -2.42. The molecule has 1 N–H and O–H groups in total. The molecule has 1 amide bonds. The van der Waals surface area contributed by atoms with Gasteiger partial charge < -0.3 is 10.2 Å². The van der Waals surface area contributed by atoms with Crippen LogP contribution in [0.25, 0.3) is 16.9 Å². The number of hydrogen-bond acceptors (Lipinski definition) is 6. The number of anilines is 1. The highest BCUT2D eigenvalue weighted by atomic mass is 35.5. The van der Waals surface area contributed by atoms with E-state index in [0.29, 0.717) is 28.9 Å². The predicted octanol–water partition coefficient (Wildman–Crippen LogP) is 3.52. The molecule has 33 heavy (non-hydrogen) atoms. The predicted molar refractivity (Wildman–Crippen MR) is 130 cm³/mol. The Bertz CT molecular complexity index is 1150. The normalized spacial score (nSPS) is 21.8. The first-order valence-electron chi connectivity index (χ1n) is 11.5. The van der Waals surface area contributed by atoms with Crippen LogP contribution in [0, 0.1) is 0 Å². The van der Waals surface area contributed by atoms with Crippen LogP contribution >= 0.6 is 11.6 Å². The molecule has 2 atom stereocenters. The molecule has 2 aromatic heterocycles. The van der Waals surface area contributed by atoms with Crippen molar-refractivity contribution >= 4 is 34.5 Å². The third-order valence-corrected chi connectivity index (χ3v) is 6.97. The fourth-order valence-electron chi connectivity index (χ4n) is 4.97. The first-order valence-corrected chi connectivity index (χ1v) is 11.9. The van der Waals surface area contributed by atoms with Crippen LogP contribution in [0.2, 0.25) is 5.02 Å². The highest BCUT2D eigenvalue weighted by Gasteiger charge is 2.30. The van der Waals surface area contributed by atoms with Crippen LogP contribution in [0.3, 0.4) is 0 Å². The summed E-state index contributed by atoms with van der Waals surface area (Å²) in [5.74, 6) is 1.23. The quantitative estimate of drug-likeness (QED) is 0.581. The number of para-hydroxylation sites is 2. The van der Waals surface area contributed by atoms with Gasteiger partial charge in [-0.1, -0.05) is 30.3 Å². The molecule has 2 fully saturated rings. The van der Waals surface area contributed by atoms with Crippen molar-refractivity contribution in [2.75, 3.05) is 31.5 Å². The van der Waals surface area contributed by atoms with Gasteiger partial charge in [0.05, 0.1) is 17.2 Å². The molecule has 0 bridgehead atoms. The van der Waals surface area contributed by atoms with Crippen molar-refractivity contribution in [1.29, 1.82) is 0 Å². The molecule has 172 valence electrons. The molecule has 9 heteroatoms. The van der Waals surface area contributed by atoms with Crippen LogP contribution in [0.4, 0.5) is 5.95 Å². The Morgan fingerprint density at radius 3 is 2.79 bits per heavy atom. The van der Waals surface area contributed by atoms with Crippen LogP contribution in [-0.2, 0) is 4.79 Å². The zero-order valence-corrected chi connectivity index (χ0v) is 19.3. The molecule has 1 aromatic carbocycles. The smallest absolute Gasteiger partial charge is 0.246 e. The van der Waals surface area contributed by atoms with Crippen molar-refractivity contribution in [2.45, 2.75) is 37.8 Å². The number of piperazine rings is 1. The summed E-state index contributed by atoms with van der Waals surface area (Å²) in [6.45, 7) is 6.95. The second-order valence-electron chi connectivity index (χ2n) is 8.70. The summed E-state index contributed by atoms with van der Waals surface area (Å²) in [6, 6.07) is 8.71. The van der Waals surface area contributed by atoms with E-state index in [1.54, 1.807) is 12.5 Å². The average Bonchev–Trinajstić information content (AvgIpc) is 3.29. The first-order chi connectivity index (χ1) is 16.1. The summed E-state index contributed by atoms with van der Waals surface area (Å²) in [5, 5.41) is 4.03. The molecule has 1 saturated heterocycles. The molecule has 3 heterocycles. The van der Waals surface area contributed by atoms with Crippen molar-refractivity contribution < 1.29 is 4.79 Å². The van der Waals surface area contributed by atoms with Gasteiger partial charge in [-0.15, -0.1) is 0 Å². The molecule has 0 spiro atoms. The molecular formula is C24H28ClN7O. The molecule has 1 aliphatic carbocycles. The van der Waals surface area contributed by atoms with Gasteiger partial charge in [-0.05, 0) is 43.9 Å². The molecule has 3 aromatic rings. The van der Waals surface area contributed by atoms with Crippen molar-refractivity contribution in [1.82, 2.24) is 29.3 Å². The molecule has 1 aliphatic heterocycles. The molecule has 2 aliphatic rings. The Kier molecular flexibility index (Phi) is 6.28. The first kappa shape index (κ1) is 21.9. The van der Waals surface area contributed by atoms with Crippen LogP contribution in [0.15, 0.2) is 49.4 Å². The standard InChI is InChI=1S/C24H28ClN7O/c1-2-22(33)31-12-10-30(11-13-31)18-7-5-6-17(14-18)28-24-26-15-19(25)23(29-24)32-16-27-20-8-3-4-9-21(20)32/h2-4,8-9,15-18H,1,5-7,10-14H2,(H,26,28,29)/t17-,18+/m1/s1. The number of carbonyl (C=O) groups excluding carboxylic acids is 1. The number of fused-ring (bicyclic) bond motifs is 1. The third kappa shape index (κ3) is 4.58. The Morgan fingerprint density at radius 1 is 1.15 bits per heavy atom. The average molecular weight is 466 g/mol. The minimum absolute atomic E-state index is 0.0270. The minimum Gasteiger partial charge on any atom is -0.351 e. The largest absolute Gasteiger partial charge is 0.351 e. The highest BCUT2D eigenvalue weighted by molar-refractivity contribution is 6.32. The molecule has 8 nitrogen and oxygen atoms in total. The highest BCUT2D eigenvalue weighted by Crippen LogP contribution is 2.28. The van der Waals surface area contributed by atoms with Crippen LogP contribution in [0.1, 0.15) is 25.7 Å². The van der Waals surface area contributed by atoms with Gasteiger partial charge in [0.2, 0.25) is 11.9 Å². The number of aromatic nitrogens is 4. The van der Waals surface area contributed by atoms with Crippen LogP contribution in [-0.4, -0.2) is 73.5 Å². The third-order valence-electron chi connectivity index (χ3n) is 6.70. The second kappa shape index (κ2) is 9.49. The Balaban J connectivity index is 1.27. The summed E-state index contributed by atoms with van der Waals surface area (Å²) < 4.78 is 1.90. The second-order valence-corrected chi connectivity index (χ2v) is 9.10. The van der Waals surface area contributed by atoms with E-state index in [0.717, 1.165) is 56.5 Å². The monoisotopic (exact) mass is 465 g/mol. The van der Waals surface area contributed by atoms with Gasteiger partial charge in [0.1, 0.15) is 11.3 Å². The molecular weight excluding hydrogens is 438 g/mol. The Hall–Kier alpha value is -2.97. The fourth-order valence-corrected chi connectivity index (χ4v) is 5.15. The Labute approximate surface area is 198 Å². The summed E-state index contributed by atoms with van der Waals surface area (Å²) in [5.41, 5.74) is 1.85. The lowest BCUT2D eigenvalue weighted by Crippen LogP contribution is -2.53. The van der Waals surface area contributed by atoms with E-state index in [-0.39, 0.29) is 5.91 Å². The van der Waals surface area contributed by atoms with E-state index in [4.69, 9.17) is 16.6 Å². The maximum atomic E-state index is 11.9. The summed E-state index contributed by atoms with van der Waals surface area (Å²) in [6.07, 6.45) is 9.25. The molecule has 0 radical (unpaired) electrons. The maximum Gasteiger partial charge on any atom is 0.246 e. The molecule has 5 rings (SSSR count). The van der Waals surface area contributed by atoms with Gasteiger partial charge in [0.25, 0.3) is 0 Å². The Morgan fingerprint density at radius 2 is 1.97 bits per heavy atom.